The van der Waals surface area contributed by atoms with E-state index in [4.69, 9.17) is 0 Å². The van der Waals surface area contributed by atoms with Gasteiger partial charge in [-0.25, -0.2) is 13.1 Å². The first-order valence-electron chi connectivity index (χ1n) is 6.83. The van der Waals surface area contributed by atoms with E-state index in [1.54, 1.807) is 22.3 Å². The van der Waals surface area contributed by atoms with Crippen molar-refractivity contribution < 1.29 is 13.2 Å². The van der Waals surface area contributed by atoms with Gasteiger partial charge in [0.2, 0.25) is 15.9 Å². The number of nitrogens with zero attached hydrogens (tertiary/aromatic N) is 1. The van der Waals surface area contributed by atoms with Gasteiger partial charge in [0.15, 0.2) is 0 Å². The van der Waals surface area contributed by atoms with Crippen LogP contribution in [0.25, 0.3) is 6.08 Å². The molecule has 1 aromatic heterocycles. The summed E-state index contributed by atoms with van der Waals surface area (Å²) >= 11 is 1.61. The predicted octanol–water partition coefficient (Wildman–Crippen LogP) is 1.61. The monoisotopic (exact) mass is 328 g/mol. The molecule has 116 valence electrons. The molecule has 1 aliphatic rings. The molecule has 2 heterocycles. The maximum absolute atomic E-state index is 12.1. The van der Waals surface area contributed by atoms with E-state index in [-0.39, 0.29) is 11.9 Å². The molecule has 1 aromatic rings. The highest BCUT2D eigenvalue weighted by Crippen LogP contribution is 2.18. The maximum atomic E-state index is 12.1. The second-order valence-corrected chi connectivity index (χ2v) is 8.02. The van der Waals surface area contributed by atoms with E-state index in [9.17, 15) is 13.2 Å². The number of aryl methyl sites for hydroxylation is 1. The Morgan fingerprint density at radius 2 is 2.10 bits per heavy atom. The number of hydrogen-bond acceptors (Lipinski definition) is 4. The van der Waals surface area contributed by atoms with Gasteiger partial charge in [0.1, 0.15) is 0 Å². The van der Waals surface area contributed by atoms with E-state index >= 15 is 0 Å². The smallest absolute Gasteiger partial charge is 0.246 e. The Balaban J connectivity index is 1.86. The van der Waals surface area contributed by atoms with Crippen LogP contribution >= 0.6 is 11.3 Å². The van der Waals surface area contributed by atoms with Crippen LogP contribution in [-0.4, -0.2) is 44.6 Å². The fourth-order valence-electron chi connectivity index (χ4n) is 2.33. The first-order valence-corrected chi connectivity index (χ1v) is 9.60. The van der Waals surface area contributed by atoms with E-state index in [2.05, 4.69) is 4.72 Å². The molecule has 0 aromatic carbocycles. The topological polar surface area (TPSA) is 66.5 Å². The van der Waals surface area contributed by atoms with Crippen molar-refractivity contribution in [3.8, 4) is 0 Å². The van der Waals surface area contributed by atoms with Gasteiger partial charge in [0, 0.05) is 30.1 Å². The van der Waals surface area contributed by atoms with E-state index in [1.165, 1.54) is 5.56 Å². The van der Waals surface area contributed by atoms with Gasteiger partial charge < -0.3 is 4.90 Å². The van der Waals surface area contributed by atoms with Crippen molar-refractivity contribution in [2.75, 3.05) is 19.3 Å². The minimum atomic E-state index is -3.17. The average molecular weight is 328 g/mol. The first-order chi connectivity index (χ1) is 9.85. The molecule has 0 spiro atoms. The molecule has 1 fully saturated rings. The molecule has 0 unspecified atom stereocenters. The number of nitrogens with one attached hydrogen (secondary N) is 1. The highest BCUT2D eigenvalue weighted by atomic mass is 32.2. The Morgan fingerprint density at radius 1 is 1.43 bits per heavy atom. The summed E-state index contributed by atoms with van der Waals surface area (Å²) in [6.45, 7) is 3.18. The van der Waals surface area contributed by atoms with Gasteiger partial charge in [0.25, 0.3) is 0 Å². The van der Waals surface area contributed by atoms with Crippen LogP contribution in [0, 0.1) is 6.92 Å². The lowest BCUT2D eigenvalue weighted by molar-refractivity contribution is -0.126. The summed E-state index contributed by atoms with van der Waals surface area (Å²) in [6.07, 6.45) is 5.93. The molecule has 7 heteroatoms. The Labute approximate surface area is 129 Å². The zero-order valence-corrected chi connectivity index (χ0v) is 13.8. The predicted molar refractivity (Wildman–Crippen MR) is 85.7 cm³/mol. The third kappa shape index (κ3) is 4.94. The molecule has 2 rings (SSSR count). The van der Waals surface area contributed by atoms with Crippen molar-refractivity contribution in [2.24, 2.45) is 0 Å². The SMILES string of the molecule is Cc1ccsc1/C=C/C(=O)N1CCC(NS(C)(=O)=O)CC1. The lowest BCUT2D eigenvalue weighted by atomic mass is 10.1. The number of hydrogen-bond donors (Lipinski definition) is 1. The summed E-state index contributed by atoms with van der Waals surface area (Å²) in [5.74, 6) is -0.0133. The standard InChI is InChI=1S/C14H20N2O3S2/c1-11-7-10-20-13(11)3-4-14(17)16-8-5-12(6-9-16)15-21(2,18)19/h3-4,7,10,12,15H,5-6,8-9H2,1-2H3/b4-3+. The number of sulfonamides is 1. The van der Waals surface area contributed by atoms with Gasteiger partial charge in [0.05, 0.1) is 6.26 Å². The van der Waals surface area contributed by atoms with E-state index in [1.807, 2.05) is 24.4 Å². The molecule has 0 radical (unpaired) electrons. The maximum Gasteiger partial charge on any atom is 0.246 e. The minimum absolute atomic E-state index is 0.0133. The van der Waals surface area contributed by atoms with Crippen molar-refractivity contribution >= 4 is 33.3 Å². The summed E-state index contributed by atoms with van der Waals surface area (Å²) in [4.78, 5) is 15.0. The largest absolute Gasteiger partial charge is 0.339 e. The number of likely N-dealkylation sites (tertiary alicyclic amines) is 1. The summed E-state index contributed by atoms with van der Waals surface area (Å²) in [5.41, 5.74) is 1.17. The quantitative estimate of drug-likeness (QED) is 0.854. The van der Waals surface area contributed by atoms with Crippen molar-refractivity contribution in [1.82, 2.24) is 9.62 Å². The summed E-state index contributed by atoms with van der Waals surface area (Å²) in [6, 6.07) is 1.96. The normalized spacial score (nSPS) is 17.5. The van der Waals surface area contributed by atoms with Crippen molar-refractivity contribution in [3.05, 3.63) is 28.0 Å². The summed E-state index contributed by atoms with van der Waals surface area (Å²) in [5, 5.41) is 2.00. The number of amides is 1. The highest BCUT2D eigenvalue weighted by molar-refractivity contribution is 7.88. The first kappa shape index (κ1) is 16.2. The molecule has 0 aliphatic carbocycles. The van der Waals surface area contributed by atoms with E-state index in [0.717, 1.165) is 11.1 Å². The highest BCUT2D eigenvalue weighted by Gasteiger charge is 2.23. The number of carbonyl (C=O) groups excluding carboxylic acids is 1. The third-order valence-electron chi connectivity index (χ3n) is 3.47. The fraction of sp³-hybridized carbons (Fsp3) is 0.500. The van der Waals surface area contributed by atoms with Gasteiger partial charge in [-0.3, -0.25) is 4.79 Å². The van der Waals surface area contributed by atoms with Crippen LogP contribution in [0.1, 0.15) is 23.3 Å². The molecule has 1 amide bonds. The average Bonchev–Trinajstić information content (AvgIpc) is 2.80. The number of carbonyl (C=O) groups is 1. The number of thiophene rings is 1. The molecule has 0 saturated carbocycles. The number of rotatable bonds is 4. The minimum Gasteiger partial charge on any atom is -0.339 e. The Kier molecular flexibility index (Phi) is 5.18. The van der Waals surface area contributed by atoms with Gasteiger partial charge in [-0.2, -0.15) is 0 Å². The molecule has 1 saturated heterocycles. The van der Waals surface area contributed by atoms with Crippen molar-refractivity contribution in [3.63, 3.8) is 0 Å². The molecule has 21 heavy (non-hydrogen) atoms. The van der Waals surface area contributed by atoms with Gasteiger partial charge in [-0.05, 0) is 42.9 Å². The van der Waals surface area contributed by atoms with Gasteiger partial charge in [-0.1, -0.05) is 0 Å². The van der Waals surface area contributed by atoms with E-state index in [0.29, 0.717) is 25.9 Å². The van der Waals surface area contributed by atoms with Crippen LogP contribution in [0.4, 0.5) is 0 Å². The van der Waals surface area contributed by atoms with Crippen LogP contribution in [0.3, 0.4) is 0 Å². The van der Waals surface area contributed by atoms with Crippen LogP contribution in [0.15, 0.2) is 17.5 Å². The Bertz CT molecular complexity index is 626. The molecule has 1 aliphatic heterocycles. The van der Waals surface area contributed by atoms with Crippen LogP contribution in [0.2, 0.25) is 0 Å². The Morgan fingerprint density at radius 3 is 2.62 bits per heavy atom. The van der Waals surface area contributed by atoms with Crippen LogP contribution in [0.5, 0.6) is 0 Å². The molecule has 5 nitrogen and oxygen atoms in total. The lowest BCUT2D eigenvalue weighted by Crippen LogP contribution is -2.45. The van der Waals surface area contributed by atoms with Crippen molar-refractivity contribution in [1.29, 1.82) is 0 Å². The van der Waals surface area contributed by atoms with E-state index < -0.39 is 10.0 Å². The van der Waals surface area contributed by atoms with Crippen molar-refractivity contribution in [2.45, 2.75) is 25.8 Å². The molecular weight excluding hydrogens is 308 g/mol. The third-order valence-corrected chi connectivity index (χ3v) is 5.21. The fourth-order valence-corrected chi connectivity index (χ4v) is 3.99. The molecule has 0 bridgehead atoms. The second kappa shape index (κ2) is 6.72. The zero-order chi connectivity index (χ0) is 15.5. The summed E-state index contributed by atoms with van der Waals surface area (Å²) < 4.78 is 25.0. The Hall–Kier alpha value is -1.18. The summed E-state index contributed by atoms with van der Waals surface area (Å²) in [7, 11) is -3.17. The molecule has 0 atom stereocenters. The zero-order valence-electron chi connectivity index (χ0n) is 12.2. The van der Waals surface area contributed by atoms with Gasteiger partial charge >= 0.3 is 0 Å². The van der Waals surface area contributed by atoms with Crippen LogP contribution in [-0.2, 0) is 14.8 Å². The number of piperidine rings is 1. The van der Waals surface area contributed by atoms with Crippen LogP contribution < -0.4 is 4.72 Å². The molecular formula is C14H20N2O3S2. The second-order valence-electron chi connectivity index (χ2n) is 5.29. The van der Waals surface area contributed by atoms with Gasteiger partial charge in [-0.15, -0.1) is 11.3 Å². The molecule has 1 N–H and O–H groups in total. The lowest BCUT2D eigenvalue weighted by Gasteiger charge is -2.31.